The Labute approximate surface area is 347 Å². The third-order valence-corrected chi connectivity index (χ3v) is 10.9. The standard InChI is InChI=1S/C43H34O19/c44-18-8-25(47)22-13-34(40(59-32(22)10-18)15-1-2-24(46)27(49)4-15)61-42(57)16-3-20-21(12-31(53)39(56)36(20)38(55)30(52)5-16)41-35(14-23-26(48)9-19(45)11-33(23)60-41)62-43(58)17-6-28(50)37(54)29(51)7-17/h1-12,20-21,34-35,40-41,44-54,56H,13-14H2/t20?,21?,34-,35-,40-,41-/m1/s1. The minimum atomic E-state index is -1.53. The van der Waals surface area contributed by atoms with Crippen molar-refractivity contribution in [2.24, 2.45) is 11.8 Å². The first-order chi connectivity index (χ1) is 29.4. The lowest BCUT2D eigenvalue weighted by Gasteiger charge is -2.40. The highest BCUT2D eigenvalue weighted by Crippen LogP contribution is 2.48. The maximum Gasteiger partial charge on any atom is 0.338 e. The van der Waals surface area contributed by atoms with Crippen LogP contribution in [0, 0.1) is 11.8 Å². The monoisotopic (exact) mass is 854 g/mol. The van der Waals surface area contributed by atoms with E-state index < -0.39 is 134 Å². The summed E-state index contributed by atoms with van der Waals surface area (Å²) in [4.78, 5) is 41.6. The van der Waals surface area contributed by atoms with Crippen molar-refractivity contribution in [1.82, 2.24) is 0 Å². The van der Waals surface area contributed by atoms with Crippen LogP contribution in [0.15, 0.2) is 101 Å². The number of allylic oxidation sites excluding steroid dienone is 2. The van der Waals surface area contributed by atoms with E-state index in [-0.39, 0.29) is 46.8 Å². The highest BCUT2D eigenvalue weighted by molar-refractivity contribution is 6.10. The number of fused-ring (bicyclic) bond motifs is 3. The van der Waals surface area contributed by atoms with Gasteiger partial charge in [-0.3, -0.25) is 4.79 Å². The molecule has 0 spiro atoms. The number of aromatic hydroxyl groups is 9. The van der Waals surface area contributed by atoms with Crippen molar-refractivity contribution in [3.8, 4) is 63.2 Å². The normalized spacial score (nSPS) is 22.8. The first-order valence-corrected chi connectivity index (χ1v) is 18.5. The van der Waals surface area contributed by atoms with Crippen LogP contribution in [-0.4, -0.2) is 97.3 Å². The van der Waals surface area contributed by atoms with Gasteiger partial charge in [-0.15, -0.1) is 0 Å². The highest BCUT2D eigenvalue weighted by Gasteiger charge is 2.48. The van der Waals surface area contributed by atoms with Crippen molar-refractivity contribution in [2.75, 3.05) is 0 Å². The van der Waals surface area contributed by atoms with Gasteiger partial charge in [0.2, 0.25) is 5.78 Å². The zero-order chi connectivity index (χ0) is 44.5. The number of hydrogen-bond acceptors (Lipinski definition) is 19. The number of benzene rings is 4. The van der Waals surface area contributed by atoms with Crippen LogP contribution in [0.4, 0.5) is 0 Å². The molecule has 0 saturated carbocycles. The average molecular weight is 855 g/mol. The molecular formula is C43H34O19. The molecule has 320 valence electrons. The number of ether oxygens (including phenoxy) is 4. The Kier molecular flexibility index (Phi) is 9.81. The number of carbonyl (C=O) groups excluding carboxylic acids is 3. The molecule has 62 heavy (non-hydrogen) atoms. The third kappa shape index (κ3) is 7.10. The van der Waals surface area contributed by atoms with E-state index >= 15 is 0 Å². The number of Topliss-reactive ketones (excluding diaryl/α,β-unsaturated/α-hetero) is 1. The molecule has 0 radical (unpaired) electrons. The van der Waals surface area contributed by atoms with Gasteiger partial charge in [0.1, 0.15) is 52.8 Å². The number of phenolic OH excluding ortho intramolecular Hbond substituents is 9. The summed E-state index contributed by atoms with van der Waals surface area (Å²) in [6, 6.07) is 9.54. The Hall–Kier alpha value is -8.35. The van der Waals surface area contributed by atoms with Crippen LogP contribution in [0.3, 0.4) is 0 Å². The molecule has 2 aliphatic heterocycles. The van der Waals surface area contributed by atoms with E-state index in [1.54, 1.807) is 0 Å². The van der Waals surface area contributed by atoms with E-state index in [1.807, 2.05) is 0 Å². The first kappa shape index (κ1) is 40.4. The molecule has 0 amide bonds. The van der Waals surface area contributed by atoms with Gasteiger partial charge in [0.25, 0.3) is 0 Å². The molecule has 2 unspecified atom stereocenters. The second kappa shape index (κ2) is 15.0. The number of carbonyl (C=O) groups is 3. The van der Waals surface area contributed by atoms with Gasteiger partial charge in [-0.2, -0.15) is 0 Å². The van der Waals surface area contributed by atoms with Crippen LogP contribution in [0.5, 0.6) is 63.2 Å². The van der Waals surface area contributed by atoms with Gasteiger partial charge >= 0.3 is 11.9 Å². The summed E-state index contributed by atoms with van der Waals surface area (Å²) >= 11 is 0. The molecule has 4 aromatic carbocycles. The minimum Gasteiger partial charge on any atom is -0.508 e. The van der Waals surface area contributed by atoms with Crippen molar-refractivity contribution in [3.63, 3.8) is 0 Å². The summed E-state index contributed by atoms with van der Waals surface area (Å²) in [6.07, 6.45) is -3.40. The molecule has 12 N–H and O–H groups in total. The number of hydrogen-bond donors (Lipinski definition) is 12. The van der Waals surface area contributed by atoms with Crippen molar-refractivity contribution >= 4 is 17.7 Å². The largest absolute Gasteiger partial charge is 0.508 e. The Bertz CT molecular complexity index is 2700. The molecule has 8 rings (SSSR count). The maximum absolute atomic E-state index is 14.2. The van der Waals surface area contributed by atoms with E-state index in [1.165, 1.54) is 12.1 Å². The van der Waals surface area contributed by atoms with Crippen molar-refractivity contribution in [1.29, 1.82) is 0 Å². The molecule has 2 heterocycles. The number of rotatable bonds is 6. The van der Waals surface area contributed by atoms with E-state index in [4.69, 9.17) is 18.9 Å². The van der Waals surface area contributed by atoms with Gasteiger partial charge in [-0.25, -0.2) is 9.59 Å². The van der Waals surface area contributed by atoms with Gasteiger partial charge in [-0.05, 0) is 36.4 Å². The fourth-order valence-electron chi connectivity index (χ4n) is 7.91. The number of esters is 2. The quantitative estimate of drug-likeness (QED) is 0.0949. The highest BCUT2D eigenvalue weighted by atomic mass is 16.6. The lowest BCUT2D eigenvalue weighted by molar-refractivity contribution is -0.150. The predicted molar refractivity (Wildman–Crippen MR) is 206 cm³/mol. The van der Waals surface area contributed by atoms with Crippen LogP contribution in [0.1, 0.15) is 33.2 Å². The lowest BCUT2D eigenvalue weighted by Crippen LogP contribution is -2.48. The number of aliphatic hydroxyl groups excluding tert-OH is 3. The van der Waals surface area contributed by atoms with Crippen LogP contribution >= 0.6 is 0 Å². The molecule has 6 atom stereocenters. The van der Waals surface area contributed by atoms with Gasteiger partial charge in [0.15, 0.2) is 52.1 Å². The predicted octanol–water partition coefficient (Wildman–Crippen LogP) is 4.31. The van der Waals surface area contributed by atoms with Crippen molar-refractivity contribution in [3.05, 3.63) is 124 Å². The Morgan fingerprint density at radius 3 is 1.82 bits per heavy atom. The van der Waals surface area contributed by atoms with E-state index in [0.717, 1.165) is 60.7 Å². The smallest absolute Gasteiger partial charge is 0.338 e. The van der Waals surface area contributed by atoms with Gasteiger partial charge in [0.05, 0.1) is 16.7 Å². The minimum absolute atomic E-state index is 0.00367. The Morgan fingerprint density at radius 2 is 1.19 bits per heavy atom. The third-order valence-electron chi connectivity index (χ3n) is 10.9. The molecule has 19 heteroatoms. The number of phenols is 9. The van der Waals surface area contributed by atoms with Crippen LogP contribution < -0.4 is 9.47 Å². The summed E-state index contributed by atoms with van der Waals surface area (Å²) in [5.74, 6) is -15.2. The molecule has 0 aromatic heterocycles. The molecule has 0 saturated heterocycles. The molecule has 19 nitrogen and oxygen atoms in total. The van der Waals surface area contributed by atoms with E-state index in [9.17, 15) is 75.7 Å². The van der Waals surface area contributed by atoms with Crippen LogP contribution in [-0.2, 0) is 31.9 Å². The Morgan fingerprint density at radius 1 is 0.597 bits per heavy atom. The van der Waals surface area contributed by atoms with E-state index in [0.29, 0.717) is 0 Å². The number of aliphatic hydroxyl groups is 3. The van der Waals surface area contributed by atoms with Gasteiger partial charge < -0.3 is 80.2 Å². The number of ketones is 1. The van der Waals surface area contributed by atoms with Crippen molar-refractivity contribution in [2.45, 2.75) is 37.3 Å². The molecule has 4 aromatic rings. The summed E-state index contributed by atoms with van der Waals surface area (Å²) in [5.41, 5.74) is -1.30. The molecular weight excluding hydrogens is 820 g/mol. The maximum atomic E-state index is 14.2. The van der Waals surface area contributed by atoms with Crippen LogP contribution in [0.2, 0.25) is 0 Å². The molecule has 0 fully saturated rings. The van der Waals surface area contributed by atoms with Crippen LogP contribution in [0.25, 0.3) is 0 Å². The molecule has 0 bridgehead atoms. The molecule has 2 aliphatic carbocycles. The second-order valence-corrected chi connectivity index (χ2v) is 14.8. The zero-order valence-corrected chi connectivity index (χ0v) is 31.5. The summed E-state index contributed by atoms with van der Waals surface area (Å²) < 4.78 is 23.9. The summed E-state index contributed by atoms with van der Waals surface area (Å²) in [7, 11) is 0. The fourth-order valence-corrected chi connectivity index (χ4v) is 7.91. The molecule has 4 aliphatic rings. The fraction of sp³-hybridized carbons (Fsp3) is 0.186. The SMILES string of the molecule is O=C(O[C@@H]1Cc2c(O)cc(O)cc2O[C@@H]1c1ccc(O)c(O)c1)C1=CC2C(=C(O)C(O)=CC2[C@H]2Oc3cc(O)cc(O)c3C[C@H]2OC(=O)c2cc(O)c(O)c(O)c2)C(=O)C(O)=C1. The summed E-state index contributed by atoms with van der Waals surface area (Å²) in [5, 5.41) is 125. The average Bonchev–Trinajstić information content (AvgIpc) is 3.34. The van der Waals surface area contributed by atoms with Crippen molar-refractivity contribution < 1.29 is 94.6 Å². The lowest BCUT2D eigenvalue weighted by atomic mass is 9.73. The first-order valence-electron chi connectivity index (χ1n) is 18.5. The van der Waals surface area contributed by atoms with Gasteiger partial charge in [0, 0.05) is 65.6 Å². The Balaban J connectivity index is 1.19. The zero-order valence-electron chi connectivity index (χ0n) is 31.5. The van der Waals surface area contributed by atoms with E-state index in [2.05, 4.69) is 0 Å². The second-order valence-electron chi connectivity index (χ2n) is 14.8. The summed E-state index contributed by atoms with van der Waals surface area (Å²) in [6.45, 7) is 0. The topological polar surface area (TPSA) is 331 Å². The van der Waals surface area contributed by atoms with Gasteiger partial charge in [-0.1, -0.05) is 12.1 Å².